The molecule has 0 aliphatic heterocycles. The van der Waals surface area contributed by atoms with Crippen LogP contribution in [-0.4, -0.2) is 33.6 Å². The Balaban J connectivity index is 1.41. The van der Waals surface area contributed by atoms with Crippen LogP contribution in [0.15, 0.2) is 97.2 Å². The number of carbonyl (C=O) groups is 2. The third-order valence-corrected chi connectivity index (χ3v) is 6.73. The number of nitrogens with one attached hydrogen (secondary N) is 2. The molecule has 0 saturated carbocycles. The molecule has 0 bridgehead atoms. The number of amides is 2. The van der Waals surface area contributed by atoms with Crippen LogP contribution in [0.25, 0.3) is 28.1 Å². The lowest BCUT2D eigenvalue weighted by molar-refractivity contribution is -0.137. The fourth-order valence-electron chi connectivity index (χ4n) is 4.44. The van der Waals surface area contributed by atoms with Crippen LogP contribution in [0, 0.1) is 5.95 Å². The van der Waals surface area contributed by atoms with Crippen molar-refractivity contribution in [1.82, 2.24) is 20.1 Å². The maximum Gasteiger partial charge on any atom is 0.416 e. The van der Waals surface area contributed by atoms with E-state index in [1.807, 2.05) is 30.3 Å². The third-order valence-electron chi connectivity index (χ3n) is 6.73. The Labute approximate surface area is 244 Å². The molecule has 7 nitrogen and oxygen atoms in total. The van der Waals surface area contributed by atoms with Crippen molar-refractivity contribution in [3.8, 4) is 28.1 Å². The van der Waals surface area contributed by atoms with Crippen LogP contribution < -0.4 is 10.6 Å². The van der Waals surface area contributed by atoms with Gasteiger partial charge in [-0.2, -0.15) is 22.7 Å². The molecule has 5 rings (SSSR count). The van der Waals surface area contributed by atoms with Crippen molar-refractivity contribution in [1.29, 1.82) is 0 Å². The molecule has 11 heteroatoms. The molecule has 43 heavy (non-hydrogen) atoms. The smallest absolute Gasteiger partial charge is 0.359 e. The van der Waals surface area contributed by atoms with E-state index in [0.717, 1.165) is 35.0 Å². The molecular formula is C32H25F4N5O2. The zero-order chi connectivity index (χ0) is 30.6. The molecule has 2 aromatic heterocycles. The molecule has 0 aliphatic carbocycles. The second kappa shape index (κ2) is 12.3. The van der Waals surface area contributed by atoms with Crippen molar-refractivity contribution in [3.63, 3.8) is 0 Å². The average Bonchev–Trinajstić information content (AvgIpc) is 3.44. The Hall–Kier alpha value is -5.32. The van der Waals surface area contributed by atoms with E-state index in [2.05, 4.69) is 15.6 Å². The summed E-state index contributed by atoms with van der Waals surface area (Å²) in [5, 5.41) is 10.0. The topological polar surface area (TPSA) is 88.9 Å². The Morgan fingerprint density at radius 2 is 1.47 bits per heavy atom. The molecule has 5 aromatic rings. The van der Waals surface area contributed by atoms with Crippen LogP contribution in [0.5, 0.6) is 0 Å². The van der Waals surface area contributed by atoms with Gasteiger partial charge >= 0.3 is 6.18 Å². The van der Waals surface area contributed by atoms with Crippen LogP contribution in [0.4, 0.5) is 23.2 Å². The zero-order valence-electron chi connectivity index (χ0n) is 22.8. The lowest BCUT2D eigenvalue weighted by Gasteiger charge is -2.11. The van der Waals surface area contributed by atoms with E-state index >= 15 is 0 Å². The molecule has 0 fully saturated rings. The lowest BCUT2D eigenvalue weighted by atomic mass is 10.0. The van der Waals surface area contributed by atoms with Crippen molar-refractivity contribution in [2.24, 2.45) is 0 Å². The minimum absolute atomic E-state index is 0.119. The van der Waals surface area contributed by atoms with Gasteiger partial charge in [0.05, 0.1) is 22.6 Å². The Morgan fingerprint density at radius 1 is 0.837 bits per heavy atom. The SMILES string of the molecule is CNC(=O)CCc1cc(-c2ccc(-c3ccc(C(F)(F)F)cc3)cc2)n(-c2ccc(NC(=O)c3ccnc(F)c3)cc2)n1. The maximum absolute atomic E-state index is 13.4. The molecule has 0 radical (unpaired) electrons. The number of pyridine rings is 1. The van der Waals surface area contributed by atoms with Gasteiger partial charge in [0.1, 0.15) is 0 Å². The fraction of sp³-hybridized carbons (Fsp3) is 0.125. The first-order chi connectivity index (χ1) is 20.6. The first-order valence-corrected chi connectivity index (χ1v) is 13.2. The predicted molar refractivity (Wildman–Crippen MR) is 154 cm³/mol. The molecule has 0 aliphatic rings. The van der Waals surface area contributed by atoms with Crippen LogP contribution in [0.3, 0.4) is 0 Å². The standard InChI is InChI=1S/C32H25F4N5O2/c1-37-30(42)15-12-26-19-28(22-4-2-20(3-5-22)21-6-8-24(9-7-21)32(34,35)36)41(40-26)27-13-10-25(11-14-27)39-31(43)23-16-17-38-29(33)18-23/h2-11,13-14,16-19H,12,15H2,1H3,(H,37,42)(H,39,43). The number of hydrogen-bond donors (Lipinski definition) is 2. The van der Waals surface area contributed by atoms with Crippen molar-refractivity contribution < 1.29 is 27.2 Å². The summed E-state index contributed by atoms with van der Waals surface area (Å²) < 4.78 is 54.0. The number of hydrogen-bond acceptors (Lipinski definition) is 4. The van der Waals surface area contributed by atoms with E-state index < -0.39 is 23.6 Å². The molecule has 3 aromatic carbocycles. The van der Waals surface area contributed by atoms with Gasteiger partial charge in [0, 0.05) is 49.0 Å². The van der Waals surface area contributed by atoms with E-state index in [1.54, 1.807) is 36.0 Å². The summed E-state index contributed by atoms with van der Waals surface area (Å²) in [5.74, 6) is -1.36. The molecule has 2 heterocycles. The normalized spacial score (nSPS) is 11.3. The van der Waals surface area contributed by atoms with E-state index in [4.69, 9.17) is 5.10 Å². The van der Waals surface area contributed by atoms with E-state index in [-0.39, 0.29) is 17.9 Å². The summed E-state index contributed by atoms with van der Waals surface area (Å²) in [5.41, 5.74) is 4.19. The van der Waals surface area contributed by atoms with Gasteiger partial charge in [-0.3, -0.25) is 9.59 Å². The van der Waals surface area contributed by atoms with Gasteiger partial charge in [0.25, 0.3) is 5.91 Å². The number of anilines is 1. The summed E-state index contributed by atoms with van der Waals surface area (Å²) >= 11 is 0. The van der Waals surface area contributed by atoms with Crippen LogP contribution >= 0.6 is 0 Å². The molecule has 2 amide bonds. The van der Waals surface area contributed by atoms with Crippen molar-refractivity contribution in [2.45, 2.75) is 19.0 Å². The highest BCUT2D eigenvalue weighted by Gasteiger charge is 2.30. The van der Waals surface area contributed by atoms with Crippen molar-refractivity contribution in [3.05, 3.63) is 120 Å². The number of rotatable bonds is 8. The number of benzene rings is 3. The first kappa shape index (κ1) is 29.2. The highest BCUT2D eigenvalue weighted by molar-refractivity contribution is 6.04. The van der Waals surface area contributed by atoms with E-state index in [0.29, 0.717) is 29.1 Å². The number of halogens is 4. The second-order valence-corrected chi connectivity index (χ2v) is 9.63. The molecule has 2 N–H and O–H groups in total. The number of aryl methyl sites for hydroxylation is 1. The largest absolute Gasteiger partial charge is 0.416 e. The molecular weight excluding hydrogens is 562 g/mol. The molecule has 0 saturated heterocycles. The minimum Gasteiger partial charge on any atom is -0.359 e. The van der Waals surface area contributed by atoms with Crippen LogP contribution in [0.2, 0.25) is 0 Å². The Bertz CT molecular complexity index is 1750. The van der Waals surface area contributed by atoms with Crippen molar-refractivity contribution >= 4 is 17.5 Å². The van der Waals surface area contributed by atoms with Crippen LogP contribution in [-0.2, 0) is 17.4 Å². The summed E-state index contributed by atoms with van der Waals surface area (Å²) in [6, 6.07) is 23.6. The third kappa shape index (κ3) is 6.95. The number of aromatic nitrogens is 3. The van der Waals surface area contributed by atoms with Gasteiger partial charge in [-0.25, -0.2) is 9.67 Å². The zero-order valence-corrected chi connectivity index (χ0v) is 22.8. The van der Waals surface area contributed by atoms with E-state index in [1.165, 1.54) is 24.4 Å². The Morgan fingerprint density at radius 3 is 2.07 bits per heavy atom. The summed E-state index contributed by atoms with van der Waals surface area (Å²) in [6.45, 7) is 0. The minimum atomic E-state index is -4.40. The quantitative estimate of drug-likeness (QED) is 0.156. The average molecular weight is 588 g/mol. The van der Waals surface area contributed by atoms with Gasteiger partial charge in [-0.15, -0.1) is 0 Å². The second-order valence-electron chi connectivity index (χ2n) is 9.63. The summed E-state index contributed by atoms with van der Waals surface area (Å²) in [6.07, 6.45) is -2.54. The highest BCUT2D eigenvalue weighted by atomic mass is 19.4. The van der Waals surface area contributed by atoms with Crippen molar-refractivity contribution in [2.75, 3.05) is 12.4 Å². The van der Waals surface area contributed by atoms with Crippen LogP contribution in [0.1, 0.15) is 28.0 Å². The first-order valence-electron chi connectivity index (χ1n) is 13.2. The van der Waals surface area contributed by atoms with Gasteiger partial charge in [0.15, 0.2) is 0 Å². The fourth-order valence-corrected chi connectivity index (χ4v) is 4.44. The monoisotopic (exact) mass is 587 g/mol. The summed E-state index contributed by atoms with van der Waals surface area (Å²) in [4.78, 5) is 27.8. The number of nitrogens with zero attached hydrogens (tertiary/aromatic N) is 3. The van der Waals surface area contributed by atoms with Gasteiger partial charge in [0.2, 0.25) is 11.9 Å². The summed E-state index contributed by atoms with van der Waals surface area (Å²) in [7, 11) is 1.57. The molecule has 0 atom stereocenters. The van der Waals surface area contributed by atoms with Gasteiger partial charge in [-0.05, 0) is 59.7 Å². The predicted octanol–water partition coefficient (Wildman–Crippen LogP) is 6.69. The van der Waals surface area contributed by atoms with Gasteiger partial charge in [-0.1, -0.05) is 36.4 Å². The molecule has 218 valence electrons. The Kier molecular flexibility index (Phi) is 8.33. The number of alkyl halides is 3. The molecule has 0 unspecified atom stereocenters. The number of carbonyl (C=O) groups excluding carboxylic acids is 2. The maximum atomic E-state index is 13.4. The molecule has 0 spiro atoms. The highest BCUT2D eigenvalue weighted by Crippen LogP contribution is 2.32. The lowest BCUT2D eigenvalue weighted by Crippen LogP contribution is -2.18. The van der Waals surface area contributed by atoms with E-state index in [9.17, 15) is 27.2 Å². The van der Waals surface area contributed by atoms with Gasteiger partial charge < -0.3 is 10.6 Å².